The van der Waals surface area contributed by atoms with Gasteiger partial charge in [0, 0.05) is 19.7 Å². The van der Waals surface area contributed by atoms with Crippen molar-refractivity contribution in [3.05, 3.63) is 115 Å². The summed E-state index contributed by atoms with van der Waals surface area (Å²) in [6, 6.07) is 28.6. The zero-order valence-corrected chi connectivity index (χ0v) is 24.9. The maximum Gasteiger partial charge on any atom is 0.230 e. The fourth-order valence-electron chi connectivity index (χ4n) is 3.60. The standard InChI is InChI=1S/C17H15N3OS.C13H16N4O2S/c1-20-12-18-19-17(20)22-16(14-10-6-3-7-11-14)15(21)13-8-4-2-5-9-13;1-17-10-15-16-13(17)20-9-12(18)14-7-8-19-11-5-3-2-4-6-11/h2-12,16H,1H3;2-6,10H,7-9H2,1H3,(H,14,18). The van der Waals surface area contributed by atoms with E-state index in [4.69, 9.17) is 4.74 Å². The van der Waals surface area contributed by atoms with Gasteiger partial charge in [-0.1, -0.05) is 102 Å². The SMILES string of the molecule is Cn1cnnc1SC(C(=O)c1ccccc1)c1ccccc1.Cn1cnnc1SCC(=O)NCCOc1ccccc1. The Kier molecular flexibility index (Phi) is 11.7. The van der Waals surface area contributed by atoms with E-state index in [1.54, 1.807) is 17.2 Å². The fourth-order valence-corrected chi connectivity index (χ4v) is 5.37. The third kappa shape index (κ3) is 9.32. The number of ether oxygens (including phenoxy) is 1. The number of hydrogen-bond donors (Lipinski definition) is 1. The molecule has 1 unspecified atom stereocenters. The smallest absolute Gasteiger partial charge is 0.230 e. The molecule has 10 nitrogen and oxygen atoms in total. The Balaban J connectivity index is 0.000000194. The molecule has 0 spiro atoms. The van der Waals surface area contributed by atoms with Crippen LogP contribution in [-0.2, 0) is 18.9 Å². The lowest BCUT2D eigenvalue weighted by Crippen LogP contribution is -2.29. The van der Waals surface area contributed by atoms with Crippen LogP contribution >= 0.6 is 23.5 Å². The summed E-state index contributed by atoms with van der Waals surface area (Å²) in [5.41, 5.74) is 1.66. The summed E-state index contributed by atoms with van der Waals surface area (Å²) in [6.07, 6.45) is 3.24. The number of aromatic nitrogens is 6. The van der Waals surface area contributed by atoms with Crippen LogP contribution in [0.2, 0.25) is 0 Å². The Hall–Kier alpha value is -4.42. The van der Waals surface area contributed by atoms with Crippen LogP contribution in [0.15, 0.2) is 114 Å². The summed E-state index contributed by atoms with van der Waals surface area (Å²) < 4.78 is 9.07. The first kappa shape index (κ1) is 30.5. The second kappa shape index (κ2) is 16.1. The fraction of sp³-hybridized carbons (Fsp3) is 0.200. The molecule has 0 aliphatic carbocycles. The number of aryl methyl sites for hydroxylation is 2. The van der Waals surface area contributed by atoms with Gasteiger partial charge < -0.3 is 19.2 Å². The quantitative estimate of drug-likeness (QED) is 0.124. The van der Waals surface area contributed by atoms with E-state index in [1.807, 2.05) is 110 Å². The molecule has 0 saturated carbocycles. The minimum Gasteiger partial charge on any atom is -0.492 e. The topological polar surface area (TPSA) is 117 Å². The van der Waals surface area contributed by atoms with Gasteiger partial charge in [-0.3, -0.25) is 9.59 Å². The molecule has 2 heterocycles. The molecule has 5 aromatic rings. The van der Waals surface area contributed by atoms with E-state index in [2.05, 4.69) is 25.7 Å². The van der Waals surface area contributed by atoms with Gasteiger partial charge in [0.2, 0.25) is 5.91 Å². The second-order valence-corrected chi connectivity index (χ2v) is 10.9. The predicted molar refractivity (Wildman–Crippen MR) is 163 cm³/mol. The number of benzene rings is 3. The number of nitrogens with zero attached hydrogens (tertiary/aromatic N) is 6. The van der Waals surface area contributed by atoms with Crippen molar-refractivity contribution in [2.75, 3.05) is 18.9 Å². The van der Waals surface area contributed by atoms with Crippen LogP contribution in [0.1, 0.15) is 21.2 Å². The molecule has 5 rings (SSSR count). The van der Waals surface area contributed by atoms with Gasteiger partial charge >= 0.3 is 0 Å². The summed E-state index contributed by atoms with van der Waals surface area (Å²) in [5, 5.41) is 19.5. The van der Waals surface area contributed by atoms with E-state index in [-0.39, 0.29) is 16.9 Å². The maximum atomic E-state index is 12.9. The number of carbonyl (C=O) groups excluding carboxylic acids is 2. The van der Waals surface area contributed by atoms with Crippen LogP contribution in [0.3, 0.4) is 0 Å². The molecule has 1 atom stereocenters. The van der Waals surface area contributed by atoms with Gasteiger partial charge in [-0.05, 0) is 17.7 Å². The molecule has 1 amide bonds. The molecule has 12 heteroatoms. The van der Waals surface area contributed by atoms with Crippen molar-refractivity contribution in [3.63, 3.8) is 0 Å². The Morgan fingerprint density at radius 1 is 0.810 bits per heavy atom. The number of ketones is 1. The monoisotopic (exact) mass is 601 g/mol. The molecule has 42 heavy (non-hydrogen) atoms. The van der Waals surface area contributed by atoms with E-state index in [0.29, 0.717) is 24.5 Å². The summed E-state index contributed by atoms with van der Waals surface area (Å²) in [7, 11) is 3.71. The third-order valence-corrected chi connectivity index (χ3v) is 8.07. The molecule has 216 valence electrons. The molecule has 2 aromatic heterocycles. The largest absolute Gasteiger partial charge is 0.492 e. The second-order valence-electron chi connectivity index (χ2n) is 8.89. The first-order chi connectivity index (χ1) is 20.5. The van der Waals surface area contributed by atoms with Gasteiger partial charge in [-0.2, -0.15) is 0 Å². The Morgan fingerprint density at radius 3 is 1.98 bits per heavy atom. The number of para-hydroxylation sites is 1. The van der Waals surface area contributed by atoms with Crippen LogP contribution in [0.25, 0.3) is 0 Å². The molecular weight excluding hydrogens is 571 g/mol. The summed E-state index contributed by atoms with van der Waals surface area (Å²) in [6.45, 7) is 0.928. The highest BCUT2D eigenvalue weighted by atomic mass is 32.2. The van der Waals surface area contributed by atoms with E-state index < -0.39 is 0 Å². The average molecular weight is 602 g/mol. The van der Waals surface area contributed by atoms with Gasteiger partial charge in [0.1, 0.15) is 30.3 Å². The average Bonchev–Trinajstić information content (AvgIpc) is 3.65. The minimum atomic E-state index is -0.341. The number of thioether (sulfide) groups is 2. The van der Waals surface area contributed by atoms with Crippen molar-refractivity contribution in [2.24, 2.45) is 14.1 Å². The van der Waals surface area contributed by atoms with Crippen molar-refractivity contribution in [1.82, 2.24) is 34.8 Å². The van der Waals surface area contributed by atoms with E-state index in [9.17, 15) is 9.59 Å². The third-order valence-electron chi connectivity index (χ3n) is 5.73. The van der Waals surface area contributed by atoms with E-state index >= 15 is 0 Å². The number of carbonyl (C=O) groups is 2. The summed E-state index contributed by atoms with van der Waals surface area (Å²) in [4.78, 5) is 24.5. The van der Waals surface area contributed by atoms with Gasteiger partial charge in [0.05, 0.1) is 12.3 Å². The molecule has 0 saturated heterocycles. The highest BCUT2D eigenvalue weighted by Crippen LogP contribution is 2.36. The van der Waals surface area contributed by atoms with Gasteiger partial charge in [0.15, 0.2) is 16.1 Å². The van der Waals surface area contributed by atoms with Crippen molar-refractivity contribution < 1.29 is 14.3 Å². The number of nitrogens with one attached hydrogen (secondary N) is 1. The van der Waals surface area contributed by atoms with Crippen LogP contribution in [0.5, 0.6) is 5.75 Å². The van der Waals surface area contributed by atoms with Crippen LogP contribution in [-0.4, -0.2) is 60.1 Å². The highest BCUT2D eigenvalue weighted by molar-refractivity contribution is 8.00. The lowest BCUT2D eigenvalue weighted by Gasteiger charge is -2.15. The zero-order chi connectivity index (χ0) is 29.6. The normalized spacial score (nSPS) is 11.2. The number of rotatable bonds is 12. The lowest BCUT2D eigenvalue weighted by molar-refractivity contribution is -0.118. The van der Waals surface area contributed by atoms with Crippen LogP contribution in [0, 0.1) is 0 Å². The number of hydrogen-bond acceptors (Lipinski definition) is 9. The van der Waals surface area contributed by atoms with E-state index in [0.717, 1.165) is 21.6 Å². The molecule has 0 radical (unpaired) electrons. The first-order valence-electron chi connectivity index (χ1n) is 13.1. The molecule has 0 aliphatic heterocycles. The minimum absolute atomic E-state index is 0.0466. The summed E-state index contributed by atoms with van der Waals surface area (Å²) in [5.74, 6) is 1.14. The van der Waals surface area contributed by atoms with E-state index in [1.165, 1.54) is 23.5 Å². The number of Topliss-reactive ketones (excluding diaryl/α,β-unsaturated/α-hetero) is 1. The van der Waals surface area contributed by atoms with Crippen molar-refractivity contribution >= 4 is 35.2 Å². The molecule has 0 aliphatic rings. The maximum absolute atomic E-state index is 12.9. The van der Waals surface area contributed by atoms with Crippen LogP contribution < -0.4 is 10.1 Å². The van der Waals surface area contributed by atoms with Crippen molar-refractivity contribution in [3.8, 4) is 5.75 Å². The number of amides is 1. The summed E-state index contributed by atoms with van der Waals surface area (Å²) >= 11 is 2.77. The van der Waals surface area contributed by atoms with Gasteiger partial charge in [0.25, 0.3) is 0 Å². The lowest BCUT2D eigenvalue weighted by atomic mass is 10.0. The molecule has 1 N–H and O–H groups in total. The van der Waals surface area contributed by atoms with Gasteiger partial charge in [-0.25, -0.2) is 0 Å². The van der Waals surface area contributed by atoms with Crippen LogP contribution in [0.4, 0.5) is 0 Å². The zero-order valence-electron chi connectivity index (χ0n) is 23.2. The first-order valence-corrected chi connectivity index (χ1v) is 14.9. The Bertz CT molecular complexity index is 1530. The predicted octanol–water partition coefficient (Wildman–Crippen LogP) is 4.63. The van der Waals surface area contributed by atoms with Crippen molar-refractivity contribution in [1.29, 1.82) is 0 Å². The molecule has 3 aromatic carbocycles. The molecule has 0 bridgehead atoms. The van der Waals surface area contributed by atoms with Gasteiger partial charge in [-0.15, -0.1) is 20.4 Å². The van der Waals surface area contributed by atoms with Crippen molar-refractivity contribution in [2.45, 2.75) is 15.6 Å². The molecule has 0 fully saturated rings. The highest BCUT2D eigenvalue weighted by Gasteiger charge is 2.25. The Morgan fingerprint density at radius 2 is 1.38 bits per heavy atom. The Labute approximate surface area is 252 Å². The molecular formula is C30H31N7O3S2.